The predicted molar refractivity (Wildman–Crippen MR) is 64.4 cm³/mol. The largest absolute Gasteiger partial charge is 0.372 e. The molecule has 1 aromatic heterocycles. The van der Waals surface area contributed by atoms with Crippen molar-refractivity contribution >= 4 is 5.82 Å². The van der Waals surface area contributed by atoms with E-state index in [1.165, 1.54) is 0 Å². The molecule has 4 heteroatoms. The fourth-order valence-corrected chi connectivity index (χ4v) is 2.12. The lowest BCUT2D eigenvalue weighted by Crippen LogP contribution is -2.45. The highest BCUT2D eigenvalue weighted by Crippen LogP contribution is 2.18. The summed E-state index contributed by atoms with van der Waals surface area (Å²) in [6, 6.07) is 6.00. The maximum atomic E-state index is 5.70. The van der Waals surface area contributed by atoms with E-state index in [1.54, 1.807) is 0 Å². The second kappa shape index (κ2) is 4.80. The van der Waals surface area contributed by atoms with Crippen molar-refractivity contribution in [2.75, 3.05) is 18.0 Å². The molecule has 0 spiro atoms. The fourth-order valence-electron chi connectivity index (χ4n) is 2.12. The molecule has 1 aliphatic rings. The zero-order valence-electron chi connectivity index (χ0n) is 9.89. The van der Waals surface area contributed by atoms with Crippen LogP contribution in [0.25, 0.3) is 0 Å². The van der Waals surface area contributed by atoms with Gasteiger partial charge in [-0.25, -0.2) is 4.98 Å². The average molecular weight is 221 g/mol. The number of nitrogens with zero attached hydrogens (tertiary/aromatic N) is 2. The Bertz CT molecular complexity index is 346. The summed E-state index contributed by atoms with van der Waals surface area (Å²) in [5, 5.41) is 0. The van der Waals surface area contributed by atoms with Crippen LogP contribution in [0.1, 0.15) is 19.5 Å². The van der Waals surface area contributed by atoms with Crippen molar-refractivity contribution in [2.45, 2.75) is 32.6 Å². The van der Waals surface area contributed by atoms with Crippen LogP contribution in [-0.4, -0.2) is 30.3 Å². The van der Waals surface area contributed by atoms with Gasteiger partial charge in [0.2, 0.25) is 0 Å². The number of rotatable bonds is 2. The normalized spacial score (nSPS) is 25.8. The van der Waals surface area contributed by atoms with Gasteiger partial charge in [0.25, 0.3) is 0 Å². The van der Waals surface area contributed by atoms with Crippen LogP contribution in [0, 0.1) is 0 Å². The first-order chi connectivity index (χ1) is 7.69. The van der Waals surface area contributed by atoms with E-state index in [1.807, 2.05) is 18.2 Å². The van der Waals surface area contributed by atoms with Gasteiger partial charge in [-0.05, 0) is 26.0 Å². The summed E-state index contributed by atoms with van der Waals surface area (Å²) in [6.45, 7) is 6.46. The predicted octanol–water partition coefficient (Wildman–Crippen LogP) is 1.15. The fraction of sp³-hybridized carbons (Fsp3) is 0.583. The average Bonchev–Trinajstić information content (AvgIpc) is 2.28. The number of ether oxygens (including phenoxy) is 1. The molecule has 0 amide bonds. The number of nitrogens with two attached hydrogens (primary N) is 1. The number of aromatic nitrogens is 1. The molecule has 16 heavy (non-hydrogen) atoms. The molecule has 0 radical (unpaired) electrons. The quantitative estimate of drug-likeness (QED) is 0.814. The minimum absolute atomic E-state index is 0.257. The van der Waals surface area contributed by atoms with E-state index < -0.39 is 0 Å². The van der Waals surface area contributed by atoms with Crippen molar-refractivity contribution in [3.8, 4) is 0 Å². The summed E-state index contributed by atoms with van der Waals surface area (Å²) < 4.78 is 5.70. The molecule has 0 aromatic carbocycles. The van der Waals surface area contributed by atoms with Gasteiger partial charge in [-0.1, -0.05) is 6.07 Å². The van der Waals surface area contributed by atoms with E-state index in [4.69, 9.17) is 10.5 Å². The monoisotopic (exact) mass is 221 g/mol. The number of anilines is 1. The zero-order chi connectivity index (χ0) is 11.5. The molecule has 1 aromatic rings. The van der Waals surface area contributed by atoms with Crippen LogP contribution in [0.3, 0.4) is 0 Å². The van der Waals surface area contributed by atoms with Crippen molar-refractivity contribution in [1.29, 1.82) is 0 Å². The lowest BCUT2D eigenvalue weighted by molar-refractivity contribution is -0.00546. The van der Waals surface area contributed by atoms with Gasteiger partial charge in [-0.3, -0.25) is 0 Å². The van der Waals surface area contributed by atoms with Crippen LogP contribution < -0.4 is 10.6 Å². The molecule has 1 saturated heterocycles. The summed E-state index contributed by atoms with van der Waals surface area (Å²) in [7, 11) is 0. The van der Waals surface area contributed by atoms with Gasteiger partial charge in [0, 0.05) is 19.6 Å². The van der Waals surface area contributed by atoms with Crippen molar-refractivity contribution < 1.29 is 4.74 Å². The molecule has 2 heterocycles. The molecule has 0 bridgehead atoms. The van der Waals surface area contributed by atoms with Gasteiger partial charge in [0.05, 0.1) is 17.9 Å². The topological polar surface area (TPSA) is 51.4 Å². The lowest BCUT2D eigenvalue weighted by atomic mass is 10.2. The Morgan fingerprint density at radius 3 is 2.69 bits per heavy atom. The molecule has 1 aliphatic heterocycles. The van der Waals surface area contributed by atoms with E-state index in [0.717, 1.165) is 24.6 Å². The molecule has 0 saturated carbocycles. The second-order valence-electron chi connectivity index (χ2n) is 4.35. The molecule has 4 nitrogen and oxygen atoms in total. The summed E-state index contributed by atoms with van der Waals surface area (Å²) in [5.74, 6) is 1.00. The van der Waals surface area contributed by atoms with Gasteiger partial charge in [-0.15, -0.1) is 0 Å². The van der Waals surface area contributed by atoms with Crippen LogP contribution in [0.5, 0.6) is 0 Å². The van der Waals surface area contributed by atoms with Crippen LogP contribution in [0.15, 0.2) is 18.2 Å². The van der Waals surface area contributed by atoms with Crippen molar-refractivity contribution in [3.63, 3.8) is 0 Å². The first-order valence-corrected chi connectivity index (χ1v) is 5.75. The Morgan fingerprint density at radius 1 is 1.38 bits per heavy atom. The molecular formula is C12H19N3O. The van der Waals surface area contributed by atoms with Crippen molar-refractivity contribution in [3.05, 3.63) is 23.9 Å². The zero-order valence-corrected chi connectivity index (χ0v) is 9.89. The first kappa shape index (κ1) is 11.4. The van der Waals surface area contributed by atoms with Crippen LogP contribution in [-0.2, 0) is 11.3 Å². The van der Waals surface area contributed by atoms with E-state index in [0.29, 0.717) is 6.54 Å². The summed E-state index contributed by atoms with van der Waals surface area (Å²) >= 11 is 0. The van der Waals surface area contributed by atoms with E-state index in [-0.39, 0.29) is 12.2 Å². The molecular weight excluding hydrogens is 202 g/mol. The Labute approximate surface area is 96.4 Å². The maximum Gasteiger partial charge on any atom is 0.129 e. The molecule has 0 aliphatic carbocycles. The third-order valence-electron chi connectivity index (χ3n) is 2.74. The summed E-state index contributed by atoms with van der Waals surface area (Å²) in [5.41, 5.74) is 6.53. The van der Waals surface area contributed by atoms with Crippen molar-refractivity contribution in [2.24, 2.45) is 5.73 Å². The molecule has 88 valence electrons. The van der Waals surface area contributed by atoms with Crippen molar-refractivity contribution in [1.82, 2.24) is 4.98 Å². The Kier molecular flexibility index (Phi) is 3.41. The lowest BCUT2D eigenvalue weighted by Gasteiger charge is -2.36. The molecule has 0 unspecified atom stereocenters. The van der Waals surface area contributed by atoms with E-state index >= 15 is 0 Å². The number of hydrogen-bond donors (Lipinski definition) is 1. The highest BCUT2D eigenvalue weighted by Gasteiger charge is 2.22. The molecule has 1 fully saturated rings. The third kappa shape index (κ3) is 2.51. The van der Waals surface area contributed by atoms with Gasteiger partial charge in [0.1, 0.15) is 5.82 Å². The van der Waals surface area contributed by atoms with Crippen LogP contribution >= 0.6 is 0 Å². The minimum Gasteiger partial charge on any atom is -0.372 e. The van der Waals surface area contributed by atoms with Crippen LogP contribution in [0.4, 0.5) is 5.82 Å². The highest BCUT2D eigenvalue weighted by molar-refractivity contribution is 5.40. The Balaban J connectivity index is 2.16. The molecule has 2 rings (SSSR count). The highest BCUT2D eigenvalue weighted by atomic mass is 16.5. The number of morpholine rings is 1. The van der Waals surface area contributed by atoms with Crippen LogP contribution in [0.2, 0.25) is 0 Å². The van der Waals surface area contributed by atoms with Gasteiger partial charge < -0.3 is 15.4 Å². The van der Waals surface area contributed by atoms with E-state index in [9.17, 15) is 0 Å². The third-order valence-corrected chi connectivity index (χ3v) is 2.74. The van der Waals surface area contributed by atoms with Gasteiger partial charge >= 0.3 is 0 Å². The summed E-state index contributed by atoms with van der Waals surface area (Å²) in [4.78, 5) is 6.79. The van der Waals surface area contributed by atoms with Gasteiger partial charge in [0.15, 0.2) is 0 Å². The molecule has 2 atom stereocenters. The van der Waals surface area contributed by atoms with Gasteiger partial charge in [-0.2, -0.15) is 0 Å². The minimum atomic E-state index is 0.257. The molecule has 2 N–H and O–H groups in total. The second-order valence-corrected chi connectivity index (χ2v) is 4.35. The summed E-state index contributed by atoms with van der Waals surface area (Å²) in [6.07, 6.45) is 0.513. The number of hydrogen-bond acceptors (Lipinski definition) is 4. The smallest absolute Gasteiger partial charge is 0.129 e. The SMILES string of the molecule is C[C@@H]1CN(c2cccc(CN)n2)C[C@H](C)O1. The van der Waals surface area contributed by atoms with E-state index in [2.05, 4.69) is 23.7 Å². The standard InChI is InChI=1S/C12H19N3O/c1-9-7-15(8-10(2)16-9)12-5-3-4-11(6-13)14-12/h3-5,9-10H,6-8,13H2,1-2H3/t9-,10+. The maximum absolute atomic E-state index is 5.70. The number of pyridine rings is 1. The Morgan fingerprint density at radius 2 is 2.06 bits per heavy atom. The Hall–Kier alpha value is -1.13. The first-order valence-electron chi connectivity index (χ1n) is 5.75.